The first-order chi connectivity index (χ1) is 9.99. The second-order valence-electron chi connectivity index (χ2n) is 4.24. The summed E-state index contributed by atoms with van der Waals surface area (Å²) in [5, 5.41) is 12.4. The number of thiocarbonyl (C=S) groups is 1. The molecule has 8 heteroatoms. The second kappa shape index (κ2) is 7.31. The zero-order valence-electron chi connectivity index (χ0n) is 11.2. The van der Waals surface area contributed by atoms with Gasteiger partial charge in [-0.15, -0.1) is 0 Å². The zero-order chi connectivity index (χ0) is 15.4. The van der Waals surface area contributed by atoms with Gasteiger partial charge in [-0.05, 0) is 36.8 Å². The molecule has 0 bridgehead atoms. The summed E-state index contributed by atoms with van der Waals surface area (Å²) >= 11 is 23.3. The molecule has 1 aromatic heterocycles. The van der Waals surface area contributed by atoms with Gasteiger partial charge in [0.15, 0.2) is 10.9 Å². The molecule has 1 heterocycles. The van der Waals surface area contributed by atoms with Crippen molar-refractivity contribution in [2.45, 2.75) is 13.5 Å². The van der Waals surface area contributed by atoms with Gasteiger partial charge in [-0.3, -0.25) is 4.68 Å². The summed E-state index contributed by atoms with van der Waals surface area (Å²) < 4.78 is 1.69. The Balaban J connectivity index is 2.13. The maximum atomic E-state index is 6.15. The summed E-state index contributed by atoms with van der Waals surface area (Å²) in [6.07, 6.45) is 1.71. The summed E-state index contributed by atoms with van der Waals surface area (Å²) in [7, 11) is 0. The van der Waals surface area contributed by atoms with Crippen molar-refractivity contribution < 1.29 is 0 Å². The zero-order valence-corrected chi connectivity index (χ0v) is 14.2. The van der Waals surface area contributed by atoms with Crippen LogP contribution in [0.3, 0.4) is 0 Å². The van der Waals surface area contributed by atoms with E-state index < -0.39 is 0 Å². The molecule has 0 fully saturated rings. The highest BCUT2D eigenvalue weighted by molar-refractivity contribution is 7.80. The van der Waals surface area contributed by atoms with E-state index in [1.165, 1.54) is 0 Å². The van der Waals surface area contributed by atoms with E-state index in [2.05, 4.69) is 15.7 Å². The van der Waals surface area contributed by atoms with E-state index >= 15 is 0 Å². The molecule has 4 nitrogen and oxygen atoms in total. The minimum Gasteiger partial charge on any atom is -0.363 e. The van der Waals surface area contributed by atoms with Crippen LogP contribution in [0.4, 0.5) is 5.82 Å². The number of aromatic nitrogens is 2. The first kappa shape index (κ1) is 16.4. The number of nitrogens with zero attached hydrogens (tertiary/aromatic N) is 2. The Morgan fingerprint density at radius 3 is 2.71 bits per heavy atom. The molecule has 0 atom stereocenters. The first-order valence-corrected chi connectivity index (χ1v) is 7.75. The lowest BCUT2D eigenvalue weighted by Gasteiger charge is -2.06. The molecule has 2 N–H and O–H groups in total. The number of rotatable bonds is 4. The third-order valence-corrected chi connectivity index (χ3v) is 3.74. The minimum absolute atomic E-state index is 0.481. The van der Waals surface area contributed by atoms with Gasteiger partial charge in [-0.2, -0.15) is 5.10 Å². The van der Waals surface area contributed by atoms with E-state index in [9.17, 15) is 0 Å². The third kappa shape index (κ3) is 4.48. The lowest BCUT2D eigenvalue weighted by Crippen LogP contribution is -2.28. The van der Waals surface area contributed by atoms with E-state index in [1.54, 1.807) is 23.0 Å². The molecule has 2 aromatic rings. The highest BCUT2D eigenvalue weighted by Crippen LogP contribution is 2.24. The standard InChI is InChI=1S/C13H13Cl3N4S/c1-2-17-13(21)18-12-11(16)7-20(19-12)6-8-3-4-9(14)5-10(8)15/h3-5,7H,2,6H2,1H3,(H2,17,18,19,21). The van der Waals surface area contributed by atoms with Crippen molar-refractivity contribution in [2.24, 2.45) is 0 Å². The second-order valence-corrected chi connectivity index (χ2v) is 5.90. The van der Waals surface area contributed by atoms with Crippen molar-refractivity contribution in [1.29, 1.82) is 0 Å². The van der Waals surface area contributed by atoms with Crippen LogP contribution in [-0.2, 0) is 6.54 Å². The highest BCUT2D eigenvalue weighted by Gasteiger charge is 2.10. The van der Waals surface area contributed by atoms with Gasteiger partial charge in [0.25, 0.3) is 0 Å². The molecule has 0 aliphatic heterocycles. The summed E-state index contributed by atoms with van der Waals surface area (Å²) in [6, 6.07) is 5.34. The van der Waals surface area contributed by atoms with Crippen molar-refractivity contribution in [3.05, 3.63) is 45.0 Å². The third-order valence-electron chi connectivity index (χ3n) is 2.63. The Kier molecular flexibility index (Phi) is 5.70. The smallest absolute Gasteiger partial charge is 0.173 e. The van der Waals surface area contributed by atoms with Crippen molar-refractivity contribution in [2.75, 3.05) is 11.9 Å². The molecule has 0 aliphatic carbocycles. The van der Waals surface area contributed by atoms with E-state index in [0.717, 1.165) is 12.1 Å². The van der Waals surface area contributed by atoms with E-state index in [-0.39, 0.29) is 0 Å². The molecule has 0 aliphatic rings. The van der Waals surface area contributed by atoms with Crippen LogP contribution in [0, 0.1) is 0 Å². The SMILES string of the molecule is CCNC(=S)Nc1nn(Cc2ccc(Cl)cc2Cl)cc1Cl. The number of nitrogens with one attached hydrogen (secondary N) is 2. The number of anilines is 1. The molecule has 0 saturated heterocycles. The number of hydrogen-bond acceptors (Lipinski definition) is 2. The largest absolute Gasteiger partial charge is 0.363 e. The molecular formula is C13H13Cl3N4S. The van der Waals surface area contributed by atoms with Crippen LogP contribution in [0.15, 0.2) is 24.4 Å². The van der Waals surface area contributed by atoms with Gasteiger partial charge < -0.3 is 10.6 Å². The lowest BCUT2D eigenvalue weighted by molar-refractivity contribution is 0.690. The number of hydrogen-bond donors (Lipinski definition) is 2. The molecule has 0 saturated carbocycles. The van der Waals surface area contributed by atoms with Crippen molar-refractivity contribution in [1.82, 2.24) is 15.1 Å². The van der Waals surface area contributed by atoms with E-state index in [1.807, 2.05) is 13.0 Å². The molecule has 2 rings (SSSR count). The fraction of sp³-hybridized carbons (Fsp3) is 0.231. The van der Waals surface area contributed by atoms with Crippen molar-refractivity contribution in [3.8, 4) is 0 Å². The summed E-state index contributed by atoms with van der Waals surface area (Å²) in [5.41, 5.74) is 0.904. The van der Waals surface area contributed by atoms with E-state index in [4.69, 9.17) is 47.0 Å². The molecular weight excluding hydrogens is 351 g/mol. The quantitative estimate of drug-likeness (QED) is 0.799. The van der Waals surface area contributed by atoms with Crippen LogP contribution in [-0.4, -0.2) is 21.4 Å². The summed E-state index contributed by atoms with van der Waals surface area (Å²) in [5.74, 6) is 0.507. The molecule has 0 spiro atoms. The van der Waals surface area contributed by atoms with Crippen molar-refractivity contribution in [3.63, 3.8) is 0 Å². The highest BCUT2D eigenvalue weighted by atomic mass is 35.5. The van der Waals surface area contributed by atoms with Crippen LogP contribution < -0.4 is 10.6 Å². The molecule has 0 amide bonds. The predicted molar refractivity (Wildman–Crippen MR) is 92.7 cm³/mol. The van der Waals surface area contributed by atoms with Gasteiger partial charge in [-0.1, -0.05) is 40.9 Å². The normalized spacial score (nSPS) is 10.5. The molecule has 21 heavy (non-hydrogen) atoms. The Bertz CT molecular complexity index is 657. The van der Waals surface area contributed by atoms with Gasteiger partial charge >= 0.3 is 0 Å². The van der Waals surface area contributed by atoms with Gasteiger partial charge in [0.2, 0.25) is 0 Å². The molecule has 1 aromatic carbocycles. The monoisotopic (exact) mass is 362 g/mol. The van der Waals surface area contributed by atoms with Gasteiger partial charge in [0.1, 0.15) is 5.02 Å². The summed E-state index contributed by atoms with van der Waals surface area (Å²) in [4.78, 5) is 0. The van der Waals surface area contributed by atoms with Crippen molar-refractivity contribution >= 4 is 58.0 Å². The lowest BCUT2D eigenvalue weighted by atomic mass is 10.2. The first-order valence-electron chi connectivity index (χ1n) is 6.21. The van der Waals surface area contributed by atoms with Crippen LogP contribution in [0.25, 0.3) is 0 Å². The van der Waals surface area contributed by atoms with Crippen LogP contribution >= 0.6 is 47.0 Å². The van der Waals surface area contributed by atoms with Crippen LogP contribution in [0.2, 0.25) is 15.1 Å². The number of benzene rings is 1. The molecule has 0 unspecified atom stereocenters. The Morgan fingerprint density at radius 1 is 1.29 bits per heavy atom. The maximum Gasteiger partial charge on any atom is 0.173 e. The Labute approximate surface area is 143 Å². The van der Waals surface area contributed by atoms with Gasteiger partial charge in [0, 0.05) is 22.8 Å². The average molecular weight is 364 g/mol. The average Bonchev–Trinajstić information content (AvgIpc) is 2.73. The molecule has 112 valence electrons. The Morgan fingerprint density at radius 2 is 2.05 bits per heavy atom. The van der Waals surface area contributed by atoms with Gasteiger partial charge in [-0.25, -0.2) is 0 Å². The molecule has 0 radical (unpaired) electrons. The van der Waals surface area contributed by atoms with Crippen LogP contribution in [0.5, 0.6) is 0 Å². The topological polar surface area (TPSA) is 41.9 Å². The summed E-state index contributed by atoms with van der Waals surface area (Å²) in [6.45, 7) is 3.17. The van der Waals surface area contributed by atoms with Crippen LogP contribution in [0.1, 0.15) is 12.5 Å². The fourth-order valence-corrected chi connectivity index (χ4v) is 2.61. The number of halogens is 3. The Hall–Kier alpha value is -1.01. The predicted octanol–water partition coefficient (Wildman–Crippen LogP) is 4.20. The fourth-order valence-electron chi connectivity index (χ4n) is 1.70. The maximum absolute atomic E-state index is 6.15. The van der Waals surface area contributed by atoms with E-state index in [0.29, 0.717) is 32.5 Å². The minimum atomic E-state index is 0.481. The van der Waals surface area contributed by atoms with Gasteiger partial charge in [0.05, 0.1) is 6.54 Å².